The van der Waals surface area contributed by atoms with Gasteiger partial charge in [-0.25, -0.2) is 15.0 Å². The summed E-state index contributed by atoms with van der Waals surface area (Å²) in [6.07, 6.45) is 0.878. The first-order chi connectivity index (χ1) is 28.3. The van der Waals surface area contributed by atoms with Gasteiger partial charge >= 0.3 is 0 Å². The minimum absolute atomic E-state index is 0.631. The fraction of sp³-hybridized carbons (Fsp3) is 0.0192. The van der Waals surface area contributed by atoms with Gasteiger partial charge in [0.05, 0.1) is 22.1 Å². The Labute approximate surface area is 328 Å². The van der Waals surface area contributed by atoms with Crippen molar-refractivity contribution in [1.29, 1.82) is 0 Å². The summed E-state index contributed by atoms with van der Waals surface area (Å²) in [6, 6.07) is 66.6. The third-order valence-corrected chi connectivity index (χ3v) is 11.6. The molecule has 11 aromatic rings. The lowest BCUT2D eigenvalue weighted by Crippen LogP contribution is -2.01. The van der Waals surface area contributed by atoms with Crippen molar-refractivity contribution >= 4 is 43.6 Å². The van der Waals surface area contributed by atoms with Crippen molar-refractivity contribution in [3.8, 4) is 56.7 Å². The van der Waals surface area contributed by atoms with Crippen molar-refractivity contribution in [3.63, 3.8) is 0 Å². The van der Waals surface area contributed by atoms with E-state index in [-0.39, 0.29) is 0 Å². The van der Waals surface area contributed by atoms with Crippen molar-refractivity contribution in [2.75, 3.05) is 0 Å². The third-order valence-electron chi connectivity index (χ3n) is 11.6. The van der Waals surface area contributed by atoms with E-state index in [0.717, 1.165) is 40.0 Å². The number of nitrogens with zero attached hydrogens (tertiary/aromatic N) is 5. The molecule has 0 fully saturated rings. The topological polar surface area (TPSA) is 48.5 Å². The smallest absolute Gasteiger partial charge is 0.164 e. The molecule has 57 heavy (non-hydrogen) atoms. The van der Waals surface area contributed by atoms with Crippen LogP contribution in [0.5, 0.6) is 0 Å². The first-order valence-electron chi connectivity index (χ1n) is 19.4. The number of fused-ring (bicyclic) bond motifs is 12. The molecule has 1 aliphatic carbocycles. The number of rotatable bonds is 5. The quantitative estimate of drug-likeness (QED) is 0.177. The van der Waals surface area contributed by atoms with E-state index in [9.17, 15) is 0 Å². The highest BCUT2D eigenvalue weighted by atomic mass is 15.0. The Balaban J connectivity index is 1.20. The maximum atomic E-state index is 5.11. The third kappa shape index (κ3) is 4.79. The highest BCUT2D eigenvalue weighted by molar-refractivity contribution is 6.31. The summed E-state index contributed by atoms with van der Waals surface area (Å²) < 4.78 is 4.98. The summed E-state index contributed by atoms with van der Waals surface area (Å²) in [6.45, 7) is 0. The van der Waals surface area contributed by atoms with Crippen molar-refractivity contribution in [3.05, 3.63) is 199 Å². The molecular formula is C52H33N5. The lowest BCUT2D eigenvalue weighted by Gasteiger charge is -2.15. The average Bonchev–Trinajstić information content (AvgIpc) is 3.95. The van der Waals surface area contributed by atoms with E-state index in [2.05, 4.69) is 161 Å². The van der Waals surface area contributed by atoms with Crippen LogP contribution in [0.25, 0.3) is 100 Å². The fourth-order valence-electron chi connectivity index (χ4n) is 9.18. The van der Waals surface area contributed by atoms with Crippen LogP contribution in [0, 0.1) is 0 Å². The average molecular weight is 728 g/mol. The number of aromatic nitrogens is 5. The van der Waals surface area contributed by atoms with Gasteiger partial charge in [-0.1, -0.05) is 152 Å². The van der Waals surface area contributed by atoms with E-state index in [1.165, 1.54) is 60.3 Å². The molecule has 0 radical (unpaired) electrons. The lowest BCUT2D eigenvalue weighted by molar-refractivity contribution is 1.07. The molecule has 12 rings (SSSR count). The Kier molecular flexibility index (Phi) is 6.92. The van der Waals surface area contributed by atoms with Gasteiger partial charge in [0.1, 0.15) is 0 Å². The van der Waals surface area contributed by atoms with Gasteiger partial charge in [-0.3, -0.25) is 0 Å². The zero-order valence-electron chi connectivity index (χ0n) is 30.8. The number of hydrogen-bond donors (Lipinski definition) is 0. The summed E-state index contributed by atoms with van der Waals surface area (Å²) >= 11 is 0. The molecule has 1 aliphatic rings. The van der Waals surface area contributed by atoms with Crippen LogP contribution < -0.4 is 0 Å². The van der Waals surface area contributed by atoms with E-state index in [1.54, 1.807) is 0 Å². The summed E-state index contributed by atoms with van der Waals surface area (Å²) in [4.78, 5) is 15.2. The highest BCUT2D eigenvalue weighted by Crippen LogP contribution is 2.52. The van der Waals surface area contributed by atoms with Crippen LogP contribution >= 0.6 is 0 Å². The van der Waals surface area contributed by atoms with Crippen LogP contribution in [0.2, 0.25) is 0 Å². The van der Waals surface area contributed by atoms with Gasteiger partial charge in [0.25, 0.3) is 0 Å². The van der Waals surface area contributed by atoms with Crippen molar-refractivity contribution < 1.29 is 0 Å². The van der Waals surface area contributed by atoms with Gasteiger partial charge in [-0.2, -0.15) is 0 Å². The van der Waals surface area contributed by atoms with E-state index in [1.807, 2.05) is 36.4 Å². The van der Waals surface area contributed by atoms with Gasteiger partial charge in [0.2, 0.25) is 0 Å². The Morgan fingerprint density at radius 1 is 0.386 bits per heavy atom. The van der Waals surface area contributed by atoms with Gasteiger partial charge in [0, 0.05) is 56.0 Å². The normalized spacial score (nSPS) is 12.1. The second kappa shape index (κ2) is 12.4. The predicted octanol–water partition coefficient (Wildman–Crippen LogP) is 12.6. The Hall–Kier alpha value is -7.63. The zero-order chi connectivity index (χ0) is 37.5. The molecule has 0 spiro atoms. The second-order valence-corrected chi connectivity index (χ2v) is 14.8. The van der Waals surface area contributed by atoms with E-state index < -0.39 is 0 Å². The number of para-hydroxylation sites is 3. The molecule has 0 atom stereocenters. The molecule has 8 aromatic carbocycles. The van der Waals surface area contributed by atoms with Gasteiger partial charge < -0.3 is 9.13 Å². The molecule has 0 bridgehead atoms. The lowest BCUT2D eigenvalue weighted by atomic mass is 9.95. The van der Waals surface area contributed by atoms with E-state index in [0.29, 0.717) is 17.5 Å². The van der Waals surface area contributed by atoms with Gasteiger partial charge in [-0.05, 0) is 58.7 Å². The fourth-order valence-corrected chi connectivity index (χ4v) is 9.18. The molecule has 0 amide bonds. The van der Waals surface area contributed by atoms with Crippen LogP contribution in [-0.4, -0.2) is 24.1 Å². The first-order valence-corrected chi connectivity index (χ1v) is 19.4. The SMILES string of the molecule is c1ccc(-c2nc(-c3ccccc3)nc(-c3cccc(-n4c5ccccc5c5c6c(c7c(c8ccccc8n7-c7ccccc7)c54)Cc4ccccc4-6)c3)n2)cc1. The van der Waals surface area contributed by atoms with E-state index in [4.69, 9.17) is 15.0 Å². The Morgan fingerprint density at radius 3 is 1.54 bits per heavy atom. The van der Waals surface area contributed by atoms with Crippen molar-refractivity contribution in [2.24, 2.45) is 0 Å². The van der Waals surface area contributed by atoms with Crippen molar-refractivity contribution in [2.45, 2.75) is 6.42 Å². The molecule has 5 nitrogen and oxygen atoms in total. The Morgan fingerprint density at radius 2 is 0.877 bits per heavy atom. The molecule has 266 valence electrons. The molecule has 5 heteroatoms. The molecule has 0 saturated heterocycles. The minimum Gasteiger partial charge on any atom is -0.309 e. The highest BCUT2D eigenvalue weighted by Gasteiger charge is 2.31. The maximum absolute atomic E-state index is 5.11. The van der Waals surface area contributed by atoms with Crippen LogP contribution in [-0.2, 0) is 6.42 Å². The van der Waals surface area contributed by atoms with Gasteiger partial charge in [0.15, 0.2) is 17.5 Å². The predicted molar refractivity (Wildman–Crippen MR) is 233 cm³/mol. The van der Waals surface area contributed by atoms with Crippen molar-refractivity contribution in [1.82, 2.24) is 24.1 Å². The molecule has 0 aliphatic heterocycles. The molecule has 0 saturated carbocycles. The summed E-state index contributed by atoms with van der Waals surface area (Å²) in [5.41, 5.74) is 15.2. The van der Waals surface area contributed by atoms with E-state index >= 15 is 0 Å². The molecule has 3 heterocycles. The molecule has 0 N–H and O–H groups in total. The standard InChI is InChI=1S/C52H33N5/c1-4-17-33(18-5-1)50-53-51(34-19-6-2-7-20-34)55-52(54-50)36-22-16-25-38(31-36)57-43-29-14-12-27-40(43)46-45-39-26-11-10-21-35(39)32-42(45)48-47(49(46)57)41-28-13-15-30-44(41)56(48)37-23-8-3-9-24-37/h1-31H,32H2. The van der Waals surface area contributed by atoms with Crippen LogP contribution in [0.3, 0.4) is 0 Å². The van der Waals surface area contributed by atoms with Crippen LogP contribution in [0.1, 0.15) is 11.1 Å². The zero-order valence-corrected chi connectivity index (χ0v) is 30.8. The summed E-state index contributed by atoms with van der Waals surface area (Å²) in [7, 11) is 0. The maximum Gasteiger partial charge on any atom is 0.164 e. The molecule has 3 aromatic heterocycles. The first kappa shape index (κ1) is 31.7. The summed E-state index contributed by atoms with van der Waals surface area (Å²) in [5.74, 6) is 1.92. The Bertz CT molecular complexity index is 3300. The monoisotopic (exact) mass is 727 g/mol. The van der Waals surface area contributed by atoms with Crippen LogP contribution in [0.15, 0.2) is 188 Å². The largest absolute Gasteiger partial charge is 0.309 e. The molecular weight excluding hydrogens is 695 g/mol. The second-order valence-electron chi connectivity index (χ2n) is 14.8. The molecule has 0 unspecified atom stereocenters. The number of hydrogen-bond acceptors (Lipinski definition) is 3. The van der Waals surface area contributed by atoms with Crippen LogP contribution in [0.4, 0.5) is 0 Å². The minimum atomic E-state index is 0.631. The van der Waals surface area contributed by atoms with Gasteiger partial charge in [-0.15, -0.1) is 0 Å². The number of benzene rings is 8. The summed E-state index contributed by atoms with van der Waals surface area (Å²) in [5, 5.41) is 5.02.